The highest BCUT2D eigenvalue weighted by molar-refractivity contribution is 5.75. The van der Waals surface area contributed by atoms with Crippen molar-refractivity contribution in [2.75, 3.05) is 5.32 Å². The maximum Gasteiger partial charge on any atom is 0.323 e. The van der Waals surface area contributed by atoms with Gasteiger partial charge in [-0.15, -0.1) is 0 Å². The smallest absolute Gasteiger partial charge is 0.323 e. The molecular formula is C14H13FN4O. The first-order chi connectivity index (χ1) is 9.61. The van der Waals surface area contributed by atoms with E-state index < -0.39 is 5.95 Å². The maximum absolute atomic E-state index is 12.7. The van der Waals surface area contributed by atoms with Crippen molar-refractivity contribution in [2.24, 2.45) is 0 Å². The van der Waals surface area contributed by atoms with Crippen LogP contribution in [-0.2, 0) is 0 Å². The van der Waals surface area contributed by atoms with E-state index in [-0.39, 0.29) is 11.7 Å². The van der Waals surface area contributed by atoms with Crippen LogP contribution in [0.2, 0.25) is 0 Å². The van der Waals surface area contributed by atoms with Gasteiger partial charge in [0.15, 0.2) is 0 Å². The molecule has 6 heteroatoms. The maximum atomic E-state index is 12.7. The van der Waals surface area contributed by atoms with Gasteiger partial charge in [0.25, 0.3) is 0 Å². The number of anilines is 1. The second-order valence-electron chi connectivity index (χ2n) is 4.62. The van der Waals surface area contributed by atoms with Gasteiger partial charge in [0.2, 0.25) is 5.95 Å². The third kappa shape index (κ3) is 2.40. The van der Waals surface area contributed by atoms with Crippen molar-refractivity contribution in [3.63, 3.8) is 0 Å². The van der Waals surface area contributed by atoms with Gasteiger partial charge in [0.05, 0.1) is 22.9 Å². The third-order valence-electron chi connectivity index (χ3n) is 3.15. The lowest BCUT2D eigenvalue weighted by molar-refractivity contribution is 0.584. The largest absolute Gasteiger partial charge is 0.377 e. The van der Waals surface area contributed by atoms with E-state index in [9.17, 15) is 9.18 Å². The lowest BCUT2D eigenvalue weighted by Gasteiger charge is -2.15. The van der Waals surface area contributed by atoms with Crippen LogP contribution in [0, 0.1) is 5.95 Å². The molecule has 3 rings (SSSR count). The molecule has 20 heavy (non-hydrogen) atoms. The highest BCUT2D eigenvalue weighted by Crippen LogP contribution is 2.21. The van der Waals surface area contributed by atoms with Crippen LogP contribution in [0.25, 0.3) is 11.0 Å². The zero-order chi connectivity index (χ0) is 14.1. The summed E-state index contributed by atoms with van der Waals surface area (Å²) in [6, 6.07) is 8.63. The number of hydrogen-bond acceptors (Lipinski definition) is 3. The first-order valence-electron chi connectivity index (χ1n) is 6.22. The van der Waals surface area contributed by atoms with Crippen LogP contribution in [0.3, 0.4) is 0 Å². The van der Waals surface area contributed by atoms with E-state index in [1.54, 1.807) is 6.07 Å². The van der Waals surface area contributed by atoms with E-state index in [0.29, 0.717) is 0 Å². The molecule has 0 saturated heterocycles. The molecule has 2 heterocycles. The van der Waals surface area contributed by atoms with E-state index in [0.717, 1.165) is 22.3 Å². The Balaban J connectivity index is 1.85. The van der Waals surface area contributed by atoms with E-state index in [1.807, 2.05) is 25.1 Å². The molecule has 0 aliphatic rings. The minimum atomic E-state index is -0.505. The molecule has 2 aromatic heterocycles. The normalized spacial score (nSPS) is 12.5. The van der Waals surface area contributed by atoms with Crippen molar-refractivity contribution >= 4 is 16.7 Å². The summed E-state index contributed by atoms with van der Waals surface area (Å²) in [4.78, 5) is 20.2. The summed E-state index contributed by atoms with van der Waals surface area (Å²) < 4.78 is 12.7. The number of halogens is 1. The number of imidazole rings is 1. The van der Waals surface area contributed by atoms with E-state index >= 15 is 0 Å². The average molecular weight is 272 g/mol. The van der Waals surface area contributed by atoms with Crippen molar-refractivity contribution in [1.82, 2.24) is 15.0 Å². The summed E-state index contributed by atoms with van der Waals surface area (Å²) in [5.74, 6) is -0.505. The molecule has 1 aromatic carbocycles. The fourth-order valence-electron chi connectivity index (χ4n) is 2.11. The Morgan fingerprint density at radius 3 is 2.75 bits per heavy atom. The first-order valence-corrected chi connectivity index (χ1v) is 6.22. The van der Waals surface area contributed by atoms with Gasteiger partial charge in [0, 0.05) is 6.04 Å². The number of hydrogen-bond donors (Lipinski definition) is 3. The van der Waals surface area contributed by atoms with Crippen LogP contribution in [0.4, 0.5) is 10.1 Å². The molecule has 0 aliphatic heterocycles. The Labute approximate surface area is 113 Å². The summed E-state index contributed by atoms with van der Waals surface area (Å²) in [6.07, 6.45) is 1.45. The molecule has 3 aromatic rings. The summed E-state index contributed by atoms with van der Waals surface area (Å²) in [5.41, 5.74) is 3.06. The molecule has 0 fully saturated rings. The number of H-pyrrole nitrogens is 2. The molecule has 0 saturated carbocycles. The SMILES string of the molecule is CC(Nc1ccc(F)nc1)c1ccc2[nH]c(=O)[nH]c2c1. The van der Waals surface area contributed by atoms with Gasteiger partial charge in [0.1, 0.15) is 0 Å². The number of nitrogens with zero attached hydrogens (tertiary/aromatic N) is 1. The quantitative estimate of drug-likeness (QED) is 0.641. The van der Waals surface area contributed by atoms with E-state index in [1.165, 1.54) is 12.3 Å². The highest BCUT2D eigenvalue weighted by atomic mass is 19.1. The number of fused-ring (bicyclic) bond motifs is 1. The second-order valence-corrected chi connectivity index (χ2v) is 4.62. The second kappa shape index (κ2) is 4.80. The molecule has 3 N–H and O–H groups in total. The summed E-state index contributed by atoms with van der Waals surface area (Å²) in [7, 11) is 0. The molecule has 0 amide bonds. The van der Waals surface area contributed by atoms with Gasteiger partial charge < -0.3 is 15.3 Å². The van der Waals surface area contributed by atoms with Crippen LogP contribution in [0.5, 0.6) is 0 Å². The predicted molar refractivity (Wildman–Crippen MR) is 75.2 cm³/mol. The van der Waals surface area contributed by atoms with Gasteiger partial charge in [-0.2, -0.15) is 4.39 Å². The lowest BCUT2D eigenvalue weighted by atomic mass is 10.1. The topological polar surface area (TPSA) is 73.6 Å². The van der Waals surface area contributed by atoms with Gasteiger partial charge >= 0.3 is 5.69 Å². The van der Waals surface area contributed by atoms with Gasteiger partial charge in [-0.25, -0.2) is 9.78 Å². The summed E-state index contributed by atoms with van der Waals surface area (Å²) in [6.45, 7) is 1.98. The van der Waals surface area contributed by atoms with Crippen molar-refractivity contribution in [3.8, 4) is 0 Å². The minimum Gasteiger partial charge on any atom is -0.377 e. The molecule has 1 unspecified atom stereocenters. The van der Waals surface area contributed by atoms with Crippen molar-refractivity contribution in [3.05, 3.63) is 58.5 Å². The summed E-state index contributed by atoms with van der Waals surface area (Å²) in [5, 5.41) is 3.23. The zero-order valence-electron chi connectivity index (χ0n) is 10.8. The zero-order valence-corrected chi connectivity index (χ0v) is 10.8. The predicted octanol–water partition coefficient (Wildman–Crippen LogP) is 2.56. The van der Waals surface area contributed by atoms with Gasteiger partial charge in [-0.05, 0) is 36.8 Å². The molecule has 5 nitrogen and oxygen atoms in total. The number of aromatic amines is 2. The van der Waals surface area contributed by atoms with Gasteiger partial charge in [-0.1, -0.05) is 6.07 Å². The van der Waals surface area contributed by atoms with E-state index in [2.05, 4.69) is 20.3 Å². The Morgan fingerprint density at radius 1 is 1.20 bits per heavy atom. The Bertz CT molecular complexity index is 791. The Morgan fingerprint density at radius 2 is 2.00 bits per heavy atom. The molecule has 0 aliphatic carbocycles. The fourth-order valence-corrected chi connectivity index (χ4v) is 2.11. The lowest BCUT2D eigenvalue weighted by Crippen LogP contribution is -2.06. The number of rotatable bonds is 3. The molecule has 1 atom stereocenters. The first kappa shape index (κ1) is 12.4. The highest BCUT2D eigenvalue weighted by Gasteiger charge is 2.08. The number of pyridine rings is 1. The Kier molecular flexibility index (Phi) is 2.98. The molecular weight excluding hydrogens is 259 g/mol. The van der Waals surface area contributed by atoms with Crippen LogP contribution in [0.15, 0.2) is 41.3 Å². The average Bonchev–Trinajstić information content (AvgIpc) is 2.80. The number of aromatic nitrogens is 3. The fraction of sp³-hybridized carbons (Fsp3) is 0.143. The number of benzene rings is 1. The van der Waals surface area contributed by atoms with Gasteiger partial charge in [-0.3, -0.25) is 0 Å². The molecule has 0 radical (unpaired) electrons. The van der Waals surface area contributed by atoms with E-state index in [4.69, 9.17) is 0 Å². The van der Waals surface area contributed by atoms with Crippen LogP contribution in [0.1, 0.15) is 18.5 Å². The van der Waals surface area contributed by atoms with Crippen LogP contribution >= 0.6 is 0 Å². The molecule has 0 bridgehead atoms. The van der Waals surface area contributed by atoms with Crippen LogP contribution in [-0.4, -0.2) is 15.0 Å². The standard InChI is InChI=1S/C14H13FN4O/c1-8(17-10-3-5-13(15)16-7-10)9-2-4-11-12(6-9)19-14(20)18-11/h2-8,17H,1H3,(H2,18,19,20). The number of nitrogens with one attached hydrogen (secondary N) is 3. The monoisotopic (exact) mass is 272 g/mol. The van der Waals surface area contributed by atoms with Crippen molar-refractivity contribution in [1.29, 1.82) is 0 Å². The Hall–Kier alpha value is -2.63. The molecule has 102 valence electrons. The third-order valence-corrected chi connectivity index (χ3v) is 3.15. The minimum absolute atomic E-state index is 0.00469. The van der Waals surface area contributed by atoms with Crippen LogP contribution < -0.4 is 11.0 Å². The summed E-state index contributed by atoms with van der Waals surface area (Å²) >= 11 is 0. The molecule has 0 spiro atoms. The van der Waals surface area contributed by atoms with Crippen molar-refractivity contribution in [2.45, 2.75) is 13.0 Å². The van der Waals surface area contributed by atoms with Crippen molar-refractivity contribution < 1.29 is 4.39 Å².